The third-order valence-electron chi connectivity index (χ3n) is 4.01. The van der Waals surface area contributed by atoms with Gasteiger partial charge in [-0.25, -0.2) is 0 Å². The summed E-state index contributed by atoms with van der Waals surface area (Å²) in [5.41, 5.74) is 7.32. The smallest absolute Gasteiger partial charge is 0.0254 e. The summed E-state index contributed by atoms with van der Waals surface area (Å²) in [7, 11) is 0. The summed E-state index contributed by atoms with van der Waals surface area (Å²) in [6, 6.07) is 11.2. The van der Waals surface area contributed by atoms with Crippen LogP contribution in [0.1, 0.15) is 25.8 Å². The molecule has 0 fully saturated rings. The van der Waals surface area contributed by atoms with Gasteiger partial charge in [-0.1, -0.05) is 50.6 Å². The van der Waals surface area contributed by atoms with Crippen molar-refractivity contribution in [1.82, 2.24) is 10.6 Å². The average Bonchev–Trinajstić information content (AvgIpc) is 2.54. The van der Waals surface area contributed by atoms with E-state index in [9.17, 15) is 0 Å². The van der Waals surface area contributed by atoms with Gasteiger partial charge in [-0.15, -0.1) is 0 Å². The SMILES string of the molecule is CCC(C)[C@@H](CNCCc1ccccc1)NC[C@@H](N)CS. The Morgan fingerprint density at radius 3 is 2.52 bits per heavy atom. The predicted octanol–water partition coefficient (Wildman–Crippen LogP) is 2.08. The molecule has 0 heterocycles. The molecular weight excluding hydrogens is 278 g/mol. The lowest BCUT2D eigenvalue weighted by Crippen LogP contribution is -2.48. The summed E-state index contributed by atoms with van der Waals surface area (Å²) < 4.78 is 0. The molecule has 4 heteroatoms. The van der Waals surface area contributed by atoms with Crippen molar-refractivity contribution in [2.24, 2.45) is 11.7 Å². The summed E-state index contributed by atoms with van der Waals surface area (Å²) >= 11 is 4.24. The van der Waals surface area contributed by atoms with Crippen LogP contribution in [0.2, 0.25) is 0 Å². The van der Waals surface area contributed by atoms with E-state index in [-0.39, 0.29) is 6.04 Å². The fraction of sp³-hybridized carbons (Fsp3) is 0.647. The zero-order valence-corrected chi connectivity index (χ0v) is 14.3. The monoisotopic (exact) mass is 309 g/mol. The van der Waals surface area contributed by atoms with Crippen LogP contribution < -0.4 is 16.4 Å². The molecule has 0 radical (unpaired) electrons. The van der Waals surface area contributed by atoms with Crippen LogP contribution >= 0.6 is 12.6 Å². The summed E-state index contributed by atoms with van der Waals surface area (Å²) in [6.07, 6.45) is 2.25. The number of thiol groups is 1. The molecule has 0 aromatic heterocycles. The van der Waals surface area contributed by atoms with Crippen LogP contribution in [0.25, 0.3) is 0 Å². The topological polar surface area (TPSA) is 50.1 Å². The van der Waals surface area contributed by atoms with Gasteiger partial charge in [0.1, 0.15) is 0 Å². The highest BCUT2D eigenvalue weighted by Crippen LogP contribution is 2.07. The normalized spacial score (nSPS) is 15.6. The molecule has 3 nitrogen and oxygen atoms in total. The lowest BCUT2D eigenvalue weighted by atomic mass is 9.98. The second kappa shape index (κ2) is 11.1. The molecule has 1 rings (SSSR count). The van der Waals surface area contributed by atoms with Crippen molar-refractivity contribution in [3.63, 3.8) is 0 Å². The van der Waals surface area contributed by atoms with E-state index in [4.69, 9.17) is 5.73 Å². The van der Waals surface area contributed by atoms with Crippen molar-refractivity contribution in [3.8, 4) is 0 Å². The summed E-state index contributed by atoms with van der Waals surface area (Å²) in [5, 5.41) is 7.15. The molecule has 3 atom stereocenters. The second-order valence-corrected chi connectivity index (χ2v) is 6.15. The van der Waals surface area contributed by atoms with E-state index in [1.807, 2.05) is 0 Å². The quantitative estimate of drug-likeness (QED) is 0.374. The molecule has 4 N–H and O–H groups in total. The first kappa shape index (κ1) is 18.5. The molecule has 1 unspecified atom stereocenters. The molecule has 0 spiro atoms. The number of nitrogens with two attached hydrogens (primary N) is 1. The Hall–Kier alpha value is -0.550. The standard InChI is InChI=1S/C17H31N3S/c1-3-14(2)17(20-11-16(18)13-21)12-19-10-9-15-7-5-4-6-8-15/h4-8,14,16-17,19-21H,3,9-13,18H2,1-2H3/t14?,16-,17-/m1/s1. The first-order valence-corrected chi connectivity index (χ1v) is 8.65. The summed E-state index contributed by atoms with van der Waals surface area (Å²) in [4.78, 5) is 0. The third-order valence-corrected chi connectivity index (χ3v) is 4.47. The maximum atomic E-state index is 5.93. The van der Waals surface area contributed by atoms with Crippen molar-refractivity contribution >= 4 is 12.6 Å². The van der Waals surface area contributed by atoms with E-state index in [0.717, 1.165) is 31.8 Å². The molecular formula is C17H31N3S. The number of rotatable bonds is 11. The fourth-order valence-corrected chi connectivity index (χ4v) is 2.39. The zero-order chi connectivity index (χ0) is 15.5. The van der Waals surface area contributed by atoms with E-state index >= 15 is 0 Å². The van der Waals surface area contributed by atoms with E-state index in [1.54, 1.807) is 0 Å². The van der Waals surface area contributed by atoms with E-state index < -0.39 is 0 Å². The van der Waals surface area contributed by atoms with Gasteiger partial charge < -0.3 is 16.4 Å². The molecule has 120 valence electrons. The highest BCUT2D eigenvalue weighted by molar-refractivity contribution is 7.80. The van der Waals surface area contributed by atoms with Crippen LogP contribution in [0.4, 0.5) is 0 Å². The lowest BCUT2D eigenvalue weighted by molar-refractivity contribution is 0.346. The van der Waals surface area contributed by atoms with Gasteiger partial charge in [-0.3, -0.25) is 0 Å². The Kier molecular flexibility index (Phi) is 9.76. The van der Waals surface area contributed by atoms with Crippen molar-refractivity contribution in [1.29, 1.82) is 0 Å². The second-order valence-electron chi connectivity index (χ2n) is 5.78. The molecule has 0 aliphatic carbocycles. The van der Waals surface area contributed by atoms with Crippen molar-refractivity contribution in [3.05, 3.63) is 35.9 Å². The first-order chi connectivity index (χ1) is 10.2. The summed E-state index contributed by atoms with van der Waals surface area (Å²) in [6.45, 7) is 7.36. The van der Waals surface area contributed by atoms with Gasteiger partial charge in [0.05, 0.1) is 0 Å². The van der Waals surface area contributed by atoms with Gasteiger partial charge in [0, 0.05) is 30.9 Å². The van der Waals surface area contributed by atoms with E-state index in [1.165, 1.54) is 12.0 Å². The Morgan fingerprint density at radius 2 is 1.90 bits per heavy atom. The Balaban J connectivity index is 2.28. The van der Waals surface area contributed by atoms with Crippen molar-refractivity contribution in [2.45, 2.75) is 38.8 Å². The van der Waals surface area contributed by atoms with Gasteiger partial charge in [0.15, 0.2) is 0 Å². The van der Waals surface area contributed by atoms with Crippen molar-refractivity contribution < 1.29 is 0 Å². The minimum absolute atomic E-state index is 0.129. The molecule has 1 aromatic carbocycles. The van der Waals surface area contributed by atoms with E-state index in [0.29, 0.717) is 12.0 Å². The highest BCUT2D eigenvalue weighted by Gasteiger charge is 2.15. The van der Waals surface area contributed by atoms with Gasteiger partial charge in [0.25, 0.3) is 0 Å². The molecule has 0 saturated heterocycles. The molecule has 1 aromatic rings. The molecule has 21 heavy (non-hydrogen) atoms. The third kappa shape index (κ3) is 7.86. The Morgan fingerprint density at radius 1 is 1.19 bits per heavy atom. The fourth-order valence-electron chi connectivity index (χ4n) is 2.26. The first-order valence-electron chi connectivity index (χ1n) is 8.01. The summed E-state index contributed by atoms with van der Waals surface area (Å²) in [5.74, 6) is 1.36. The lowest BCUT2D eigenvalue weighted by Gasteiger charge is -2.26. The maximum absolute atomic E-state index is 5.93. The van der Waals surface area contributed by atoms with Gasteiger partial charge in [-0.2, -0.15) is 12.6 Å². The maximum Gasteiger partial charge on any atom is 0.0254 e. The van der Waals surface area contributed by atoms with Crippen LogP contribution in [0, 0.1) is 5.92 Å². The van der Waals surface area contributed by atoms with Crippen LogP contribution in [0.15, 0.2) is 30.3 Å². The van der Waals surface area contributed by atoms with Gasteiger partial charge in [0.2, 0.25) is 0 Å². The molecule has 0 bridgehead atoms. The van der Waals surface area contributed by atoms with Gasteiger partial charge >= 0.3 is 0 Å². The number of benzene rings is 1. The zero-order valence-electron chi connectivity index (χ0n) is 13.4. The molecule has 0 saturated carbocycles. The Labute approximate surface area is 135 Å². The van der Waals surface area contributed by atoms with Crippen LogP contribution in [0.5, 0.6) is 0 Å². The van der Waals surface area contributed by atoms with Crippen LogP contribution in [-0.4, -0.2) is 37.5 Å². The molecule has 0 aliphatic rings. The highest BCUT2D eigenvalue weighted by atomic mass is 32.1. The Bertz CT molecular complexity index is 358. The minimum atomic E-state index is 0.129. The minimum Gasteiger partial charge on any atom is -0.326 e. The average molecular weight is 310 g/mol. The predicted molar refractivity (Wildman–Crippen MR) is 96.1 cm³/mol. The molecule has 0 amide bonds. The van der Waals surface area contributed by atoms with Crippen molar-refractivity contribution in [2.75, 3.05) is 25.4 Å². The van der Waals surface area contributed by atoms with Crippen LogP contribution in [0.3, 0.4) is 0 Å². The van der Waals surface area contributed by atoms with E-state index in [2.05, 4.69) is 67.4 Å². The van der Waals surface area contributed by atoms with Crippen LogP contribution in [-0.2, 0) is 6.42 Å². The van der Waals surface area contributed by atoms with Gasteiger partial charge in [-0.05, 0) is 24.4 Å². The number of hydrogen-bond donors (Lipinski definition) is 4. The number of hydrogen-bond acceptors (Lipinski definition) is 4. The largest absolute Gasteiger partial charge is 0.326 e. The molecule has 0 aliphatic heterocycles. The number of nitrogens with one attached hydrogen (secondary N) is 2.